The molecule has 166 valence electrons. The molecule has 1 aromatic heterocycles. The van der Waals surface area contributed by atoms with E-state index in [1.54, 1.807) is 24.4 Å². The van der Waals surface area contributed by atoms with Gasteiger partial charge in [-0.2, -0.15) is 0 Å². The van der Waals surface area contributed by atoms with Gasteiger partial charge in [-0.25, -0.2) is 4.98 Å². The minimum Gasteiger partial charge on any atom is -0.392 e. The lowest BCUT2D eigenvalue weighted by Crippen LogP contribution is -2.32. The predicted octanol–water partition coefficient (Wildman–Crippen LogP) is 4.54. The molecule has 0 aliphatic rings. The Bertz CT molecular complexity index is 1140. The SMILES string of the molecule is CCN(CC)CC(O)CCC(=O)c1ccc(C#Cc2c(N)ncc3ccc(Cl)cc23)cc1. The second kappa shape index (κ2) is 11.1. The molecule has 2 aromatic carbocycles. The van der Waals surface area contributed by atoms with E-state index in [1.165, 1.54) is 0 Å². The molecule has 5 nitrogen and oxygen atoms in total. The number of rotatable bonds is 8. The molecular formula is C26H28ClN3O2. The van der Waals surface area contributed by atoms with Crippen LogP contribution in [-0.4, -0.2) is 46.5 Å². The summed E-state index contributed by atoms with van der Waals surface area (Å²) in [5.74, 6) is 6.56. The van der Waals surface area contributed by atoms with Gasteiger partial charge in [0.15, 0.2) is 5.78 Å². The van der Waals surface area contributed by atoms with Crippen molar-refractivity contribution in [2.24, 2.45) is 0 Å². The van der Waals surface area contributed by atoms with Crippen LogP contribution in [0, 0.1) is 11.8 Å². The van der Waals surface area contributed by atoms with Crippen molar-refractivity contribution in [2.75, 3.05) is 25.4 Å². The van der Waals surface area contributed by atoms with Crippen LogP contribution in [0.3, 0.4) is 0 Å². The molecule has 3 rings (SSSR count). The highest BCUT2D eigenvalue weighted by Crippen LogP contribution is 2.25. The molecule has 0 bridgehead atoms. The van der Waals surface area contributed by atoms with Gasteiger partial charge in [0, 0.05) is 46.1 Å². The van der Waals surface area contributed by atoms with Gasteiger partial charge < -0.3 is 15.7 Å². The number of aliphatic hydroxyl groups excluding tert-OH is 1. The molecule has 0 spiro atoms. The smallest absolute Gasteiger partial charge is 0.162 e. The van der Waals surface area contributed by atoms with Crippen molar-refractivity contribution in [2.45, 2.75) is 32.8 Å². The molecule has 0 aliphatic carbocycles. The van der Waals surface area contributed by atoms with Gasteiger partial charge >= 0.3 is 0 Å². The van der Waals surface area contributed by atoms with Crippen LogP contribution in [0.15, 0.2) is 48.7 Å². The Morgan fingerprint density at radius 3 is 2.56 bits per heavy atom. The monoisotopic (exact) mass is 449 g/mol. The topological polar surface area (TPSA) is 79.5 Å². The van der Waals surface area contributed by atoms with E-state index in [1.807, 2.05) is 24.3 Å². The van der Waals surface area contributed by atoms with Gasteiger partial charge in [-0.1, -0.05) is 55.5 Å². The molecule has 3 aromatic rings. The van der Waals surface area contributed by atoms with Crippen LogP contribution in [0.5, 0.6) is 0 Å². The first kappa shape index (κ1) is 23.7. The minimum atomic E-state index is -0.503. The van der Waals surface area contributed by atoms with Gasteiger partial charge in [-0.15, -0.1) is 0 Å². The summed E-state index contributed by atoms with van der Waals surface area (Å²) in [6.45, 7) is 6.49. The number of aromatic nitrogens is 1. The third-order valence-electron chi connectivity index (χ3n) is 5.49. The number of aliphatic hydroxyl groups is 1. The lowest BCUT2D eigenvalue weighted by molar-refractivity contribution is 0.0877. The number of nitrogens with two attached hydrogens (primary N) is 1. The van der Waals surface area contributed by atoms with Crippen molar-refractivity contribution < 1.29 is 9.90 Å². The third-order valence-corrected chi connectivity index (χ3v) is 5.73. The number of fused-ring (bicyclic) bond motifs is 1. The molecule has 0 radical (unpaired) electrons. The van der Waals surface area contributed by atoms with E-state index in [0.29, 0.717) is 41.4 Å². The van der Waals surface area contributed by atoms with Gasteiger partial charge in [0.25, 0.3) is 0 Å². The largest absolute Gasteiger partial charge is 0.392 e. The first-order valence-electron chi connectivity index (χ1n) is 10.8. The average molecular weight is 450 g/mol. The van der Waals surface area contributed by atoms with Crippen LogP contribution in [0.1, 0.15) is 48.2 Å². The van der Waals surface area contributed by atoms with Crippen molar-refractivity contribution in [3.63, 3.8) is 0 Å². The Labute approximate surface area is 194 Å². The highest BCUT2D eigenvalue weighted by atomic mass is 35.5. The fourth-order valence-corrected chi connectivity index (χ4v) is 3.69. The van der Waals surface area contributed by atoms with Crippen molar-refractivity contribution in [3.05, 3.63) is 70.4 Å². The van der Waals surface area contributed by atoms with Crippen LogP contribution in [0.25, 0.3) is 10.8 Å². The number of pyridine rings is 1. The second-order valence-corrected chi connectivity index (χ2v) is 8.12. The molecule has 0 saturated carbocycles. The second-order valence-electron chi connectivity index (χ2n) is 7.68. The predicted molar refractivity (Wildman–Crippen MR) is 131 cm³/mol. The van der Waals surface area contributed by atoms with Crippen molar-refractivity contribution in [3.8, 4) is 11.8 Å². The summed E-state index contributed by atoms with van der Waals surface area (Å²) in [4.78, 5) is 18.9. The zero-order chi connectivity index (χ0) is 23.1. The molecular weight excluding hydrogens is 422 g/mol. The number of anilines is 1. The molecule has 3 N–H and O–H groups in total. The van der Waals surface area contributed by atoms with Gasteiger partial charge in [-0.3, -0.25) is 4.79 Å². The Morgan fingerprint density at radius 2 is 1.88 bits per heavy atom. The number of likely N-dealkylation sites (N-methyl/N-ethyl adjacent to an activating group) is 1. The van der Waals surface area contributed by atoms with Crippen LogP contribution in [0.2, 0.25) is 5.02 Å². The third kappa shape index (κ3) is 6.08. The normalized spacial score (nSPS) is 11.9. The standard InChI is InChI=1S/C26H28ClN3O2/c1-3-30(4-2)17-22(31)12-14-25(32)19-8-5-18(6-9-19)7-13-23-24-15-21(27)11-10-20(24)16-29-26(23)28/h5-6,8-11,15-16,22,31H,3-4,12,14,17H2,1-2H3,(H2,28,29). The average Bonchev–Trinajstić information content (AvgIpc) is 2.80. The first-order chi connectivity index (χ1) is 15.4. The summed E-state index contributed by atoms with van der Waals surface area (Å²) in [7, 11) is 0. The number of hydrogen-bond acceptors (Lipinski definition) is 5. The van der Waals surface area contributed by atoms with E-state index in [4.69, 9.17) is 17.3 Å². The molecule has 0 aliphatic heterocycles. The molecule has 0 fully saturated rings. The molecule has 1 unspecified atom stereocenters. The summed E-state index contributed by atoms with van der Waals surface area (Å²) in [6, 6.07) is 12.7. The minimum absolute atomic E-state index is 0.0141. The lowest BCUT2D eigenvalue weighted by atomic mass is 10.0. The van der Waals surface area contributed by atoms with Gasteiger partial charge in [0.2, 0.25) is 0 Å². The van der Waals surface area contributed by atoms with Gasteiger partial charge in [0.1, 0.15) is 5.82 Å². The zero-order valence-electron chi connectivity index (χ0n) is 18.4. The number of benzene rings is 2. The number of carbonyl (C=O) groups is 1. The molecule has 0 saturated heterocycles. The number of nitrogens with zero attached hydrogens (tertiary/aromatic N) is 2. The molecule has 0 amide bonds. The van der Waals surface area contributed by atoms with E-state index in [2.05, 4.69) is 35.6 Å². The summed E-state index contributed by atoms with van der Waals surface area (Å²) >= 11 is 6.13. The molecule has 1 heterocycles. The van der Waals surface area contributed by atoms with E-state index < -0.39 is 6.10 Å². The van der Waals surface area contributed by atoms with Crippen molar-refractivity contribution in [1.29, 1.82) is 0 Å². The molecule has 6 heteroatoms. The Kier molecular flexibility index (Phi) is 8.24. The van der Waals surface area contributed by atoms with Crippen LogP contribution < -0.4 is 5.73 Å². The van der Waals surface area contributed by atoms with E-state index in [-0.39, 0.29) is 5.78 Å². The number of nitrogen functional groups attached to an aromatic ring is 1. The van der Waals surface area contributed by atoms with Crippen molar-refractivity contribution >= 4 is 34.0 Å². The number of carbonyl (C=O) groups excluding carboxylic acids is 1. The Morgan fingerprint density at radius 1 is 1.16 bits per heavy atom. The summed E-state index contributed by atoms with van der Waals surface area (Å²) in [5, 5.41) is 12.6. The maximum absolute atomic E-state index is 12.5. The lowest BCUT2D eigenvalue weighted by Gasteiger charge is -2.21. The highest BCUT2D eigenvalue weighted by Gasteiger charge is 2.13. The number of halogens is 1. The molecule has 1 atom stereocenters. The fraction of sp³-hybridized carbons (Fsp3) is 0.308. The first-order valence-corrected chi connectivity index (χ1v) is 11.2. The number of hydrogen-bond donors (Lipinski definition) is 2. The van der Waals surface area contributed by atoms with Crippen LogP contribution in [-0.2, 0) is 0 Å². The quantitative estimate of drug-likeness (QED) is 0.390. The maximum Gasteiger partial charge on any atom is 0.162 e. The van der Waals surface area contributed by atoms with Gasteiger partial charge in [-0.05, 0) is 43.8 Å². The molecule has 32 heavy (non-hydrogen) atoms. The Hall–Kier alpha value is -2.91. The summed E-state index contributed by atoms with van der Waals surface area (Å²) in [6.07, 6.45) is 1.96. The van der Waals surface area contributed by atoms with E-state index >= 15 is 0 Å². The Balaban J connectivity index is 1.68. The highest BCUT2D eigenvalue weighted by molar-refractivity contribution is 6.31. The number of ketones is 1. The summed E-state index contributed by atoms with van der Waals surface area (Å²) < 4.78 is 0. The van der Waals surface area contributed by atoms with E-state index in [9.17, 15) is 9.90 Å². The van der Waals surface area contributed by atoms with E-state index in [0.717, 1.165) is 29.4 Å². The number of Topliss-reactive ketones (excluding diaryl/α,β-unsaturated/α-hetero) is 1. The summed E-state index contributed by atoms with van der Waals surface area (Å²) in [5.41, 5.74) is 8.06. The van der Waals surface area contributed by atoms with Crippen LogP contribution in [0.4, 0.5) is 5.82 Å². The zero-order valence-corrected chi connectivity index (χ0v) is 19.2. The van der Waals surface area contributed by atoms with Gasteiger partial charge in [0.05, 0.1) is 11.7 Å². The van der Waals surface area contributed by atoms with Crippen LogP contribution >= 0.6 is 11.6 Å². The fourth-order valence-electron chi connectivity index (χ4n) is 3.52. The van der Waals surface area contributed by atoms with Crippen molar-refractivity contribution in [1.82, 2.24) is 9.88 Å². The maximum atomic E-state index is 12.5.